The van der Waals surface area contributed by atoms with Crippen LogP contribution in [0.1, 0.15) is 30.5 Å². The zero-order chi connectivity index (χ0) is 20.8. The summed E-state index contributed by atoms with van der Waals surface area (Å²) in [6.45, 7) is 5.75. The van der Waals surface area contributed by atoms with Crippen LogP contribution in [0.4, 0.5) is 15.9 Å². The van der Waals surface area contributed by atoms with E-state index in [2.05, 4.69) is 11.1 Å². The lowest BCUT2D eigenvalue weighted by Crippen LogP contribution is -2.26. The number of nitrogens with one attached hydrogen (secondary N) is 1. The minimum Gasteiger partial charge on any atom is -0.392 e. The molecule has 0 unspecified atom stereocenters. The van der Waals surface area contributed by atoms with Crippen molar-refractivity contribution in [2.75, 3.05) is 4.90 Å². The summed E-state index contributed by atoms with van der Waals surface area (Å²) < 4.78 is 14.2. The van der Waals surface area contributed by atoms with Gasteiger partial charge in [0.2, 0.25) is 0 Å². The highest BCUT2D eigenvalue weighted by molar-refractivity contribution is 5.91. The third-order valence-corrected chi connectivity index (χ3v) is 4.40. The summed E-state index contributed by atoms with van der Waals surface area (Å²) in [5, 5.41) is 19.3. The summed E-state index contributed by atoms with van der Waals surface area (Å²) in [6, 6.07) is 12.6. The molecule has 0 atom stereocenters. The van der Waals surface area contributed by atoms with Gasteiger partial charge >= 0.3 is 6.15 Å². The first-order valence-electron chi connectivity index (χ1n) is 8.58. The fourth-order valence-electron chi connectivity index (χ4n) is 3.13. The molecule has 144 valence electrons. The van der Waals surface area contributed by atoms with Crippen molar-refractivity contribution in [1.29, 1.82) is 5.26 Å². The Morgan fingerprint density at radius 1 is 1.21 bits per heavy atom. The van der Waals surface area contributed by atoms with Crippen LogP contribution in [-0.4, -0.2) is 22.3 Å². The summed E-state index contributed by atoms with van der Waals surface area (Å²) in [5.41, 5.74) is 3.50. The molecular formula is C21H20FN3O3. The van der Waals surface area contributed by atoms with E-state index in [0.29, 0.717) is 11.3 Å². The maximum atomic E-state index is 14.2. The highest BCUT2D eigenvalue weighted by Crippen LogP contribution is 2.35. The first-order valence-corrected chi connectivity index (χ1v) is 8.58. The quantitative estimate of drug-likeness (QED) is 0.713. The van der Waals surface area contributed by atoms with Crippen LogP contribution in [0.3, 0.4) is 0 Å². The van der Waals surface area contributed by atoms with Gasteiger partial charge in [-0.15, -0.1) is 0 Å². The molecule has 0 spiro atoms. The molecule has 0 fully saturated rings. The minimum absolute atomic E-state index is 0.0848. The van der Waals surface area contributed by atoms with Gasteiger partial charge in [-0.1, -0.05) is 12.1 Å². The van der Waals surface area contributed by atoms with Crippen LogP contribution < -0.4 is 4.90 Å². The Labute approximate surface area is 161 Å². The van der Waals surface area contributed by atoms with Gasteiger partial charge in [-0.25, -0.2) is 4.39 Å². The second kappa shape index (κ2) is 8.96. The topological polar surface area (TPSA) is 97.2 Å². The average molecular weight is 381 g/mol. The second-order valence-corrected chi connectivity index (χ2v) is 6.45. The highest BCUT2D eigenvalue weighted by Gasteiger charge is 2.20. The third kappa shape index (κ3) is 4.09. The zero-order valence-corrected chi connectivity index (χ0v) is 15.8. The number of aryl methyl sites for hydroxylation is 1. The molecule has 0 saturated heterocycles. The van der Waals surface area contributed by atoms with Gasteiger partial charge < -0.3 is 15.0 Å². The fourth-order valence-corrected chi connectivity index (χ4v) is 3.13. The molecule has 28 heavy (non-hydrogen) atoms. The Kier molecular flexibility index (Phi) is 6.67. The van der Waals surface area contributed by atoms with Gasteiger partial charge in [0.25, 0.3) is 0 Å². The molecule has 3 aromatic rings. The summed E-state index contributed by atoms with van der Waals surface area (Å²) >= 11 is 0. The van der Waals surface area contributed by atoms with Crippen LogP contribution >= 0.6 is 0 Å². The SMILES string of the molecule is Cc1c(N(c2ccc(CO)c(F)c2)C(C)C)[nH]c2cc(C#N)ccc12.O=C=O. The van der Waals surface area contributed by atoms with E-state index in [1.807, 2.05) is 37.8 Å². The van der Waals surface area contributed by atoms with Crippen LogP contribution in [0, 0.1) is 24.1 Å². The molecule has 6 nitrogen and oxygen atoms in total. The first kappa shape index (κ1) is 20.8. The van der Waals surface area contributed by atoms with Gasteiger partial charge in [0.1, 0.15) is 11.6 Å². The second-order valence-electron chi connectivity index (χ2n) is 6.45. The van der Waals surface area contributed by atoms with Gasteiger partial charge in [0.15, 0.2) is 0 Å². The average Bonchev–Trinajstić information content (AvgIpc) is 2.98. The number of aromatic amines is 1. The van der Waals surface area contributed by atoms with E-state index in [0.717, 1.165) is 22.3 Å². The molecule has 3 rings (SSSR count). The summed E-state index contributed by atoms with van der Waals surface area (Å²) in [6.07, 6.45) is 0.250. The molecule has 0 amide bonds. The van der Waals surface area contributed by atoms with E-state index < -0.39 is 5.82 Å². The van der Waals surface area contributed by atoms with E-state index in [9.17, 15) is 9.50 Å². The van der Waals surface area contributed by atoms with Crippen molar-refractivity contribution in [2.24, 2.45) is 0 Å². The van der Waals surface area contributed by atoms with E-state index in [4.69, 9.17) is 14.9 Å². The van der Waals surface area contributed by atoms with Crippen LogP contribution in [0.25, 0.3) is 10.9 Å². The lowest BCUT2D eigenvalue weighted by Gasteiger charge is -2.29. The molecule has 1 heterocycles. The number of fused-ring (bicyclic) bond motifs is 1. The monoisotopic (exact) mass is 381 g/mol. The van der Waals surface area contributed by atoms with Gasteiger partial charge in [-0.05, 0) is 50.6 Å². The number of hydrogen-bond donors (Lipinski definition) is 2. The molecule has 0 aliphatic heterocycles. The first-order chi connectivity index (χ1) is 13.4. The predicted molar refractivity (Wildman–Crippen MR) is 102 cm³/mol. The Morgan fingerprint density at radius 3 is 2.43 bits per heavy atom. The molecule has 0 bridgehead atoms. The number of nitriles is 1. The molecule has 2 aromatic carbocycles. The van der Waals surface area contributed by atoms with E-state index in [-0.39, 0.29) is 24.4 Å². The number of nitrogens with zero attached hydrogens (tertiary/aromatic N) is 2. The molecule has 0 aliphatic rings. The number of aliphatic hydroxyl groups is 1. The van der Waals surface area contributed by atoms with Gasteiger partial charge in [-0.2, -0.15) is 14.9 Å². The van der Waals surface area contributed by atoms with Crippen molar-refractivity contribution >= 4 is 28.6 Å². The van der Waals surface area contributed by atoms with E-state index in [1.54, 1.807) is 18.2 Å². The molecule has 0 aliphatic carbocycles. The van der Waals surface area contributed by atoms with Crippen molar-refractivity contribution in [3.63, 3.8) is 0 Å². The van der Waals surface area contributed by atoms with Crippen LogP contribution in [-0.2, 0) is 16.2 Å². The summed E-state index contributed by atoms with van der Waals surface area (Å²) in [7, 11) is 0. The number of anilines is 2. The number of benzene rings is 2. The van der Waals surface area contributed by atoms with Crippen molar-refractivity contribution in [2.45, 2.75) is 33.4 Å². The van der Waals surface area contributed by atoms with Crippen molar-refractivity contribution in [1.82, 2.24) is 4.98 Å². The van der Waals surface area contributed by atoms with Gasteiger partial charge in [-0.3, -0.25) is 0 Å². The van der Waals surface area contributed by atoms with Crippen LogP contribution in [0.15, 0.2) is 36.4 Å². The largest absolute Gasteiger partial charge is 0.392 e. The molecule has 0 radical (unpaired) electrons. The predicted octanol–water partition coefficient (Wildman–Crippen LogP) is 3.94. The lowest BCUT2D eigenvalue weighted by molar-refractivity contribution is -0.191. The maximum absolute atomic E-state index is 14.2. The number of aliphatic hydroxyl groups excluding tert-OH is 1. The van der Waals surface area contributed by atoms with Crippen molar-refractivity contribution in [3.05, 3.63) is 58.9 Å². The van der Waals surface area contributed by atoms with Crippen LogP contribution in [0.5, 0.6) is 0 Å². The number of rotatable bonds is 4. The lowest BCUT2D eigenvalue weighted by atomic mass is 10.1. The number of H-pyrrole nitrogens is 1. The van der Waals surface area contributed by atoms with E-state index in [1.165, 1.54) is 6.07 Å². The Hall–Kier alpha value is -3.46. The van der Waals surface area contributed by atoms with E-state index >= 15 is 0 Å². The smallest absolute Gasteiger partial charge is 0.373 e. The summed E-state index contributed by atoms with van der Waals surface area (Å²) in [5.74, 6) is 0.447. The number of halogens is 1. The maximum Gasteiger partial charge on any atom is 0.373 e. The molecule has 7 heteroatoms. The minimum atomic E-state index is -0.425. The van der Waals surface area contributed by atoms with Crippen molar-refractivity contribution in [3.8, 4) is 6.07 Å². The normalized spacial score (nSPS) is 10.2. The van der Waals surface area contributed by atoms with Gasteiger partial charge in [0.05, 0.1) is 18.2 Å². The molecule has 0 saturated carbocycles. The van der Waals surface area contributed by atoms with Crippen LogP contribution in [0.2, 0.25) is 0 Å². The summed E-state index contributed by atoms with van der Waals surface area (Å²) in [4.78, 5) is 21.6. The highest BCUT2D eigenvalue weighted by atomic mass is 19.1. The molecular weight excluding hydrogens is 361 g/mol. The van der Waals surface area contributed by atoms with Gasteiger partial charge in [0, 0.05) is 28.2 Å². The number of carbonyl (C=O) groups excluding carboxylic acids is 2. The molecule has 2 N–H and O–H groups in total. The Morgan fingerprint density at radius 2 is 1.89 bits per heavy atom. The van der Waals surface area contributed by atoms with Crippen molar-refractivity contribution < 1.29 is 19.1 Å². The number of aromatic nitrogens is 1. The number of hydrogen-bond acceptors (Lipinski definition) is 5. The molecule has 1 aromatic heterocycles. The standard InChI is InChI=1S/C20H20FN3O.CO2/c1-12(2)24(16-6-5-15(11-25)18(21)9-16)20-13(3)17-7-4-14(10-22)8-19(17)23-20;2-1-3/h4-9,12,23,25H,11H2,1-3H3;. The Balaban J connectivity index is 0.000000878. The zero-order valence-electron chi connectivity index (χ0n) is 15.8. The Bertz CT molecular complexity index is 1060. The fraction of sp³-hybridized carbons (Fsp3) is 0.238. The third-order valence-electron chi connectivity index (χ3n) is 4.40.